The number of nitrogens with two attached hydrogens (primary N) is 1. The zero-order chi connectivity index (χ0) is 20.2. The third kappa shape index (κ3) is 5.99. The van der Waals surface area contributed by atoms with Crippen LogP contribution in [0, 0.1) is 5.92 Å². The number of urea groups is 1. The number of rotatable bonds is 7. The molecule has 152 valence electrons. The summed E-state index contributed by atoms with van der Waals surface area (Å²) in [5, 5.41) is 2.16. The summed E-state index contributed by atoms with van der Waals surface area (Å²) in [5.41, 5.74) is 4.08. The van der Waals surface area contributed by atoms with E-state index in [9.17, 15) is 26.4 Å². The number of hydrogen-bond donors (Lipinski definition) is 3. The first-order valence-electron chi connectivity index (χ1n) is 8.34. The number of hydrogen-bond acceptors (Lipinski definition) is 5. The van der Waals surface area contributed by atoms with Crippen molar-refractivity contribution in [3.63, 3.8) is 0 Å². The van der Waals surface area contributed by atoms with Crippen LogP contribution in [0.1, 0.15) is 25.3 Å². The Kier molecular flexibility index (Phi) is 6.58. The molecule has 1 fully saturated rings. The molecule has 1 aliphatic rings. The van der Waals surface area contributed by atoms with Crippen molar-refractivity contribution in [2.24, 2.45) is 11.7 Å². The summed E-state index contributed by atoms with van der Waals surface area (Å²) in [7, 11) is -3.98. The Labute approximate surface area is 155 Å². The molecule has 7 nitrogen and oxygen atoms in total. The maximum Gasteiger partial charge on any atom is 0.416 e. The number of carbonyl (C=O) groups excluding carboxylic acids is 1. The Morgan fingerprint density at radius 1 is 1.37 bits per heavy atom. The lowest BCUT2D eigenvalue weighted by atomic mass is 9.97. The van der Waals surface area contributed by atoms with Crippen molar-refractivity contribution >= 4 is 16.1 Å². The third-order valence-electron chi connectivity index (χ3n) is 4.43. The second-order valence-electron chi connectivity index (χ2n) is 6.49. The van der Waals surface area contributed by atoms with E-state index in [0.717, 1.165) is 25.1 Å². The van der Waals surface area contributed by atoms with Gasteiger partial charge in [-0.05, 0) is 44.2 Å². The van der Waals surface area contributed by atoms with Crippen LogP contribution in [0.2, 0.25) is 0 Å². The minimum Gasteiger partial charge on any atom is -0.490 e. The smallest absolute Gasteiger partial charge is 0.416 e. The van der Waals surface area contributed by atoms with E-state index < -0.39 is 39.1 Å². The van der Waals surface area contributed by atoms with Crippen LogP contribution in [0.25, 0.3) is 0 Å². The van der Waals surface area contributed by atoms with Crippen molar-refractivity contribution in [1.29, 1.82) is 0 Å². The van der Waals surface area contributed by atoms with Crippen LogP contribution in [0.4, 0.5) is 18.0 Å². The van der Waals surface area contributed by atoms with E-state index in [0.29, 0.717) is 6.54 Å². The number of nitrogens with one attached hydrogen (secondary N) is 2. The van der Waals surface area contributed by atoms with Crippen molar-refractivity contribution in [3.8, 4) is 5.75 Å². The third-order valence-corrected chi connectivity index (χ3v) is 6.17. The Hall–Kier alpha value is -2.01. The standard InChI is InChI=1S/C16H22F3N3O4S/c1-10(27(24,25)22-15(20)23)8-14(11-6-7-21-9-11)26-13-4-2-12(3-5-13)16(17,18)19/h2-5,10-11,14,21H,6-9H2,1H3,(H3,20,22,23)/t10?,11-,14-/m0/s1. The van der Waals surface area contributed by atoms with E-state index in [-0.39, 0.29) is 18.1 Å². The fourth-order valence-electron chi connectivity index (χ4n) is 2.92. The number of alkyl halides is 3. The molecule has 11 heteroatoms. The van der Waals surface area contributed by atoms with E-state index in [1.54, 1.807) is 4.72 Å². The van der Waals surface area contributed by atoms with Crippen molar-refractivity contribution in [1.82, 2.24) is 10.0 Å². The monoisotopic (exact) mass is 409 g/mol. The Balaban J connectivity index is 2.14. The zero-order valence-electron chi connectivity index (χ0n) is 14.6. The van der Waals surface area contributed by atoms with Crippen molar-refractivity contribution in [2.75, 3.05) is 13.1 Å². The number of benzene rings is 1. The number of sulfonamides is 1. The van der Waals surface area contributed by atoms with Crippen LogP contribution in [0.5, 0.6) is 5.75 Å². The van der Waals surface area contributed by atoms with Crippen molar-refractivity contribution in [3.05, 3.63) is 29.8 Å². The number of halogens is 3. The first kappa shape index (κ1) is 21.3. The van der Waals surface area contributed by atoms with E-state index >= 15 is 0 Å². The molecule has 1 aromatic rings. The van der Waals surface area contributed by atoms with E-state index in [4.69, 9.17) is 10.5 Å². The van der Waals surface area contributed by atoms with Gasteiger partial charge >= 0.3 is 12.2 Å². The molecule has 1 aliphatic heterocycles. The fourth-order valence-corrected chi connectivity index (χ4v) is 3.85. The van der Waals surface area contributed by atoms with Crippen LogP contribution in [0.15, 0.2) is 24.3 Å². The predicted octanol–water partition coefficient (Wildman–Crippen LogP) is 1.84. The second kappa shape index (κ2) is 8.34. The molecule has 0 saturated carbocycles. The molecular weight excluding hydrogens is 387 g/mol. The highest BCUT2D eigenvalue weighted by Crippen LogP contribution is 2.31. The molecule has 1 heterocycles. The molecule has 1 aromatic carbocycles. The topological polar surface area (TPSA) is 111 Å². The lowest BCUT2D eigenvalue weighted by Gasteiger charge is -2.27. The molecule has 1 saturated heterocycles. The predicted molar refractivity (Wildman–Crippen MR) is 92.6 cm³/mol. The number of carbonyl (C=O) groups is 1. The normalized spacial score (nSPS) is 20.1. The molecule has 0 bridgehead atoms. The molecular formula is C16H22F3N3O4S. The fraction of sp³-hybridized carbons (Fsp3) is 0.562. The largest absolute Gasteiger partial charge is 0.490 e. The maximum absolute atomic E-state index is 12.7. The van der Waals surface area contributed by atoms with E-state index in [1.165, 1.54) is 19.1 Å². The lowest BCUT2D eigenvalue weighted by molar-refractivity contribution is -0.137. The van der Waals surface area contributed by atoms with Gasteiger partial charge in [0.15, 0.2) is 0 Å². The summed E-state index contributed by atoms with van der Waals surface area (Å²) < 4.78 is 69.7. The van der Waals surface area contributed by atoms with Gasteiger partial charge in [0.1, 0.15) is 11.9 Å². The molecule has 3 atom stereocenters. The SMILES string of the molecule is CC(C[C@H](Oc1ccc(C(F)(F)F)cc1)[C@H]1CCNC1)S(=O)(=O)NC(N)=O. The minimum atomic E-state index is -4.45. The molecule has 2 amide bonds. The lowest BCUT2D eigenvalue weighted by Crippen LogP contribution is -2.43. The molecule has 0 spiro atoms. The van der Waals surface area contributed by atoms with Gasteiger partial charge in [0, 0.05) is 18.9 Å². The summed E-state index contributed by atoms with van der Waals surface area (Å²) in [6, 6.07) is 3.06. The summed E-state index contributed by atoms with van der Waals surface area (Å²) in [6.07, 6.45) is -4.22. The second-order valence-corrected chi connectivity index (χ2v) is 8.59. The highest BCUT2D eigenvalue weighted by molar-refractivity contribution is 7.90. The number of primary amides is 1. The molecule has 0 aliphatic carbocycles. The van der Waals surface area contributed by atoms with Gasteiger partial charge in [0.2, 0.25) is 10.0 Å². The first-order valence-corrected chi connectivity index (χ1v) is 9.89. The van der Waals surface area contributed by atoms with Gasteiger partial charge < -0.3 is 15.8 Å². The zero-order valence-corrected chi connectivity index (χ0v) is 15.4. The van der Waals surface area contributed by atoms with E-state index in [1.807, 2.05) is 0 Å². The summed E-state index contributed by atoms with van der Waals surface area (Å²) in [4.78, 5) is 10.9. The van der Waals surface area contributed by atoms with Crippen LogP contribution in [-0.2, 0) is 16.2 Å². The molecule has 0 aromatic heterocycles. The number of ether oxygens (including phenoxy) is 1. The summed E-state index contributed by atoms with van der Waals surface area (Å²) >= 11 is 0. The molecule has 4 N–H and O–H groups in total. The number of amides is 2. The van der Waals surface area contributed by atoms with Gasteiger partial charge in [-0.25, -0.2) is 17.9 Å². The molecule has 27 heavy (non-hydrogen) atoms. The molecule has 0 radical (unpaired) electrons. The van der Waals surface area contributed by atoms with Gasteiger partial charge in [-0.3, -0.25) is 0 Å². The van der Waals surface area contributed by atoms with Gasteiger partial charge in [0.25, 0.3) is 0 Å². The Bertz CT molecular complexity index is 747. The average Bonchev–Trinajstić information content (AvgIpc) is 3.07. The Morgan fingerprint density at radius 2 is 2.00 bits per heavy atom. The summed E-state index contributed by atoms with van der Waals surface area (Å²) in [6.45, 7) is 2.75. The minimum absolute atomic E-state index is 0.0153. The van der Waals surface area contributed by atoms with Crippen molar-refractivity contribution in [2.45, 2.75) is 37.3 Å². The van der Waals surface area contributed by atoms with E-state index in [2.05, 4.69) is 5.32 Å². The van der Waals surface area contributed by atoms with Gasteiger partial charge in [-0.15, -0.1) is 0 Å². The van der Waals surface area contributed by atoms with Crippen LogP contribution in [-0.4, -0.2) is 38.9 Å². The van der Waals surface area contributed by atoms with Gasteiger partial charge in [-0.2, -0.15) is 13.2 Å². The highest BCUT2D eigenvalue weighted by atomic mass is 32.2. The Morgan fingerprint density at radius 3 is 2.48 bits per heavy atom. The maximum atomic E-state index is 12.7. The van der Waals surface area contributed by atoms with Crippen LogP contribution in [0.3, 0.4) is 0 Å². The molecule has 2 rings (SSSR count). The van der Waals surface area contributed by atoms with Gasteiger partial charge in [-0.1, -0.05) is 0 Å². The summed E-state index contributed by atoms with van der Waals surface area (Å²) in [5.74, 6) is 0.200. The quantitative estimate of drug-likeness (QED) is 0.637. The molecule has 1 unspecified atom stereocenters. The average molecular weight is 409 g/mol. The van der Waals surface area contributed by atoms with Gasteiger partial charge in [0.05, 0.1) is 10.8 Å². The highest BCUT2D eigenvalue weighted by Gasteiger charge is 2.33. The van der Waals surface area contributed by atoms with Crippen molar-refractivity contribution < 1.29 is 31.1 Å². The first-order chi connectivity index (χ1) is 12.5. The van der Waals surface area contributed by atoms with Crippen LogP contribution >= 0.6 is 0 Å². The van der Waals surface area contributed by atoms with Crippen LogP contribution < -0.4 is 20.5 Å².